The third-order valence-corrected chi connectivity index (χ3v) is 8.43. The van der Waals surface area contributed by atoms with Gasteiger partial charge in [0.15, 0.2) is 0 Å². The van der Waals surface area contributed by atoms with E-state index < -0.39 is 22.0 Å². The minimum absolute atomic E-state index is 0.192. The number of anilines is 2. The van der Waals surface area contributed by atoms with E-state index in [2.05, 4.69) is 14.9 Å². The molecule has 2 atom stereocenters. The van der Waals surface area contributed by atoms with Crippen LogP contribution in [0.2, 0.25) is 10.0 Å². The summed E-state index contributed by atoms with van der Waals surface area (Å²) in [6.45, 7) is 4.75. The fourth-order valence-electron chi connectivity index (χ4n) is 4.88. The highest BCUT2D eigenvalue weighted by atomic mass is 35.5. The molecule has 0 spiro atoms. The van der Waals surface area contributed by atoms with E-state index in [4.69, 9.17) is 33.7 Å². The molecule has 2 amide bonds. The summed E-state index contributed by atoms with van der Waals surface area (Å²) in [5, 5.41) is 3.82. The van der Waals surface area contributed by atoms with Crippen LogP contribution in [0.3, 0.4) is 0 Å². The maximum Gasteiger partial charge on any atom is 0.242 e. The van der Waals surface area contributed by atoms with Crippen LogP contribution in [0.25, 0.3) is 11.1 Å². The Morgan fingerprint density at radius 1 is 1.00 bits per heavy atom. The number of nitrogens with two attached hydrogens (primary N) is 1. The zero-order chi connectivity index (χ0) is 31.1. The monoisotopic (exact) mass is 647 g/mol. The van der Waals surface area contributed by atoms with Gasteiger partial charge in [0.1, 0.15) is 6.04 Å². The molecule has 0 saturated carbocycles. The van der Waals surface area contributed by atoms with Gasteiger partial charge in [-0.05, 0) is 53.9 Å². The number of nitrogens with one attached hydrogen (secondary N) is 2. The predicted molar refractivity (Wildman–Crippen MR) is 171 cm³/mol. The Morgan fingerprint density at radius 3 is 2.33 bits per heavy atom. The maximum atomic E-state index is 13.7. The Bertz CT molecular complexity index is 1550. The molecule has 4 N–H and O–H groups in total. The topological polar surface area (TPSA) is 134 Å². The minimum Gasteiger partial charge on any atom is -0.379 e. The molecule has 1 saturated heterocycles. The van der Waals surface area contributed by atoms with E-state index in [-0.39, 0.29) is 18.5 Å². The molecule has 0 bridgehead atoms. The van der Waals surface area contributed by atoms with Crippen LogP contribution in [0.5, 0.6) is 0 Å². The predicted octanol–water partition coefficient (Wildman–Crippen LogP) is 3.90. The van der Waals surface area contributed by atoms with Crippen molar-refractivity contribution < 1.29 is 22.7 Å². The molecule has 1 aliphatic heterocycles. The van der Waals surface area contributed by atoms with Crippen molar-refractivity contribution in [1.29, 1.82) is 0 Å². The number of amides is 2. The summed E-state index contributed by atoms with van der Waals surface area (Å²) in [5.41, 5.74) is 9.15. The van der Waals surface area contributed by atoms with Crippen molar-refractivity contribution >= 4 is 56.4 Å². The van der Waals surface area contributed by atoms with Crippen molar-refractivity contribution in [2.24, 2.45) is 5.73 Å². The molecule has 3 aromatic carbocycles. The molecule has 0 radical (unpaired) electrons. The number of halogens is 2. The molecule has 2 unspecified atom stereocenters. The lowest BCUT2D eigenvalue weighted by Crippen LogP contribution is -2.51. The molecule has 1 heterocycles. The standard InChI is InChI=1S/C30H35Cl2N5O5S/c1-20(37(19-29(33)38)25-10-11-26(31)27(32)17-25)30(39)34-28(18-36-12-14-42-15-13-36)22-8-6-21(7-9-22)23-4-3-5-24(16-23)35-43(2,40)41/h3-11,16-17,20,28,35H,12-15,18-19H2,1-2H3,(H2,33,38)(H,34,39). The molecule has 1 aliphatic rings. The molecule has 10 nitrogen and oxygen atoms in total. The van der Waals surface area contributed by atoms with Crippen LogP contribution < -0.4 is 20.7 Å². The number of hydrogen-bond acceptors (Lipinski definition) is 7. The van der Waals surface area contributed by atoms with Gasteiger partial charge in [0.05, 0.1) is 42.1 Å². The van der Waals surface area contributed by atoms with Crippen molar-refractivity contribution in [3.05, 3.63) is 82.3 Å². The number of hydrogen-bond donors (Lipinski definition) is 3. The Balaban J connectivity index is 1.58. The van der Waals surface area contributed by atoms with E-state index in [0.717, 1.165) is 36.0 Å². The molecule has 0 aliphatic carbocycles. The first kappa shape index (κ1) is 32.6. The minimum atomic E-state index is -3.41. The number of benzene rings is 3. The number of primary amides is 1. The highest BCUT2D eigenvalue weighted by molar-refractivity contribution is 7.92. The number of sulfonamides is 1. The fraction of sp³-hybridized carbons (Fsp3) is 0.333. The molecular formula is C30H35Cl2N5O5S. The third kappa shape index (κ3) is 9.32. The van der Waals surface area contributed by atoms with E-state index in [1.54, 1.807) is 48.2 Å². The van der Waals surface area contributed by atoms with Gasteiger partial charge >= 0.3 is 0 Å². The SMILES string of the molecule is CC(C(=O)NC(CN1CCOCC1)c1ccc(-c2cccc(NS(C)(=O)=O)c2)cc1)N(CC(N)=O)c1ccc(Cl)c(Cl)c1. The van der Waals surface area contributed by atoms with Crippen LogP contribution in [-0.2, 0) is 24.3 Å². The average molecular weight is 649 g/mol. The lowest BCUT2D eigenvalue weighted by Gasteiger charge is -2.34. The zero-order valence-corrected chi connectivity index (χ0v) is 26.3. The fourth-order valence-corrected chi connectivity index (χ4v) is 5.73. The van der Waals surface area contributed by atoms with Gasteiger partial charge in [-0.1, -0.05) is 59.6 Å². The summed E-state index contributed by atoms with van der Waals surface area (Å²) in [6, 6.07) is 18.7. The first-order chi connectivity index (χ1) is 20.4. The first-order valence-electron chi connectivity index (χ1n) is 13.7. The van der Waals surface area contributed by atoms with Gasteiger partial charge in [-0.15, -0.1) is 0 Å². The number of ether oxygens (including phenoxy) is 1. The van der Waals surface area contributed by atoms with Gasteiger partial charge in [0.2, 0.25) is 21.8 Å². The highest BCUT2D eigenvalue weighted by Gasteiger charge is 2.27. The second-order valence-electron chi connectivity index (χ2n) is 10.4. The molecule has 4 rings (SSSR count). The van der Waals surface area contributed by atoms with Crippen LogP contribution in [0, 0.1) is 0 Å². The van der Waals surface area contributed by atoms with Crippen molar-refractivity contribution in [2.75, 3.05) is 55.3 Å². The van der Waals surface area contributed by atoms with Gasteiger partial charge in [0.25, 0.3) is 0 Å². The van der Waals surface area contributed by atoms with Gasteiger partial charge < -0.3 is 20.7 Å². The highest BCUT2D eigenvalue weighted by Crippen LogP contribution is 2.29. The van der Waals surface area contributed by atoms with Crippen LogP contribution in [0.4, 0.5) is 11.4 Å². The normalized spacial score (nSPS) is 15.3. The molecule has 3 aromatic rings. The quantitative estimate of drug-likeness (QED) is 0.271. The molecule has 230 valence electrons. The Hall–Kier alpha value is -3.35. The molecule has 0 aromatic heterocycles. The summed E-state index contributed by atoms with van der Waals surface area (Å²) in [6.07, 6.45) is 1.11. The Labute approximate surface area is 262 Å². The van der Waals surface area contributed by atoms with Crippen molar-refractivity contribution in [1.82, 2.24) is 10.2 Å². The van der Waals surface area contributed by atoms with Crippen molar-refractivity contribution in [3.8, 4) is 11.1 Å². The number of morpholine rings is 1. The second-order valence-corrected chi connectivity index (χ2v) is 13.0. The van der Waals surface area contributed by atoms with E-state index in [1.807, 2.05) is 30.3 Å². The number of nitrogens with zero attached hydrogens (tertiary/aromatic N) is 2. The summed E-state index contributed by atoms with van der Waals surface area (Å²) in [7, 11) is -3.41. The Kier molecular flexibility index (Phi) is 10.9. The summed E-state index contributed by atoms with van der Waals surface area (Å²) >= 11 is 12.3. The maximum absolute atomic E-state index is 13.7. The molecule has 43 heavy (non-hydrogen) atoms. The van der Waals surface area contributed by atoms with Crippen molar-refractivity contribution in [3.63, 3.8) is 0 Å². The third-order valence-electron chi connectivity index (χ3n) is 7.08. The molecular weight excluding hydrogens is 613 g/mol. The molecule has 13 heteroatoms. The summed E-state index contributed by atoms with van der Waals surface area (Å²) in [4.78, 5) is 29.5. The lowest BCUT2D eigenvalue weighted by atomic mass is 9.99. The summed E-state index contributed by atoms with van der Waals surface area (Å²) < 4.78 is 31.4. The lowest BCUT2D eigenvalue weighted by molar-refractivity contribution is -0.123. The van der Waals surface area contributed by atoms with E-state index in [9.17, 15) is 18.0 Å². The first-order valence-corrected chi connectivity index (χ1v) is 16.3. The van der Waals surface area contributed by atoms with Crippen LogP contribution >= 0.6 is 23.2 Å². The largest absolute Gasteiger partial charge is 0.379 e. The van der Waals surface area contributed by atoms with Crippen LogP contribution in [0.1, 0.15) is 18.5 Å². The van der Waals surface area contributed by atoms with E-state index >= 15 is 0 Å². The van der Waals surface area contributed by atoms with E-state index in [0.29, 0.717) is 41.2 Å². The van der Waals surface area contributed by atoms with Gasteiger partial charge in [-0.25, -0.2) is 8.42 Å². The number of carbonyl (C=O) groups excluding carboxylic acids is 2. The van der Waals surface area contributed by atoms with Crippen LogP contribution in [0.15, 0.2) is 66.7 Å². The Morgan fingerprint density at radius 2 is 1.70 bits per heavy atom. The zero-order valence-electron chi connectivity index (χ0n) is 23.9. The van der Waals surface area contributed by atoms with Crippen molar-refractivity contribution in [2.45, 2.75) is 19.0 Å². The number of rotatable bonds is 12. The van der Waals surface area contributed by atoms with Crippen LogP contribution in [-0.4, -0.2) is 76.8 Å². The summed E-state index contributed by atoms with van der Waals surface area (Å²) in [5.74, 6) is -0.892. The van der Waals surface area contributed by atoms with Gasteiger partial charge in [0, 0.05) is 31.0 Å². The number of carbonyl (C=O) groups is 2. The smallest absolute Gasteiger partial charge is 0.242 e. The van der Waals surface area contributed by atoms with Gasteiger partial charge in [-0.3, -0.25) is 19.2 Å². The van der Waals surface area contributed by atoms with Gasteiger partial charge in [-0.2, -0.15) is 0 Å². The van der Waals surface area contributed by atoms with E-state index in [1.165, 1.54) is 0 Å². The second kappa shape index (κ2) is 14.4. The molecule has 1 fully saturated rings. The average Bonchev–Trinajstić information content (AvgIpc) is 2.96.